The summed E-state index contributed by atoms with van der Waals surface area (Å²) >= 11 is 0. The Morgan fingerprint density at radius 2 is 1.52 bits per heavy atom. The molecule has 1 heterocycles. The lowest BCUT2D eigenvalue weighted by atomic mass is 9.74. The Kier molecular flexibility index (Phi) is 7.58. The van der Waals surface area contributed by atoms with E-state index in [0.717, 1.165) is 54.7 Å². The average molecular weight is 449 g/mol. The molecule has 1 fully saturated rings. The van der Waals surface area contributed by atoms with E-state index in [9.17, 15) is 14.4 Å². The molecule has 174 valence electrons. The van der Waals surface area contributed by atoms with Gasteiger partial charge in [0.2, 0.25) is 6.79 Å². The Morgan fingerprint density at radius 3 is 2.24 bits per heavy atom. The van der Waals surface area contributed by atoms with Gasteiger partial charge in [-0.1, -0.05) is 43.7 Å². The number of fused-ring (bicyclic) bond motifs is 1. The van der Waals surface area contributed by atoms with Crippen LogP contribution in [0.2, 0.25) is 0 Å². The molecule has 0 spiro atoms. The van der Waals surface area contributed by atoms with Gasteiger partial charge in [0, 0.05) is 19.3 Å². The summed E-state index contributed by atoms with van der Waals surface area (Å²) in [6.07, 6.45) is 6.45. The molecule has 2 aliphatic rings. The molecule has 0 aromatic heterocycles. The van der Waals surface area contributed by atoms with Gasteiger partial charge in [-0.2, -0.15) is 0 Å². The number of hydrogen-bond donors (Lipinski definition) is 0. The van der Waals surface area contributed by atoms with Crippen molar-refractivity contribution in [1.29, 1.82) is 0 Å². The largest absolute Gasteiger partial charge is 0.454 e. The Hall–Kier alpha value is -2.95. The summed E-state index contributed by atoms with van der Waals surface area (Å²) < 4.78 is 10.7. The number of unbranched alkanes of at least 4 members (excludes halogenated alkanes) is 2. The van der Waals surface area contributed by atoms with E-state index in [4.69, 9.17) is 9.47 Å². The summed E-state index contributed by atoms with van der Waals surface area (Å²) in [7, 11) is 0. The minimum Gasteiger partial charge on any atom is -0.454 e. The molecule has 0 unspecified atom stereocenters. The van der Waals surface area contributed by atoms with Gasteiger partial charge >= 0.3 is 0 Å². The minimum atomic E-state index is -1.06. The molecule has 0 bridgehead atoms. The Bertz CT molecular complexity index is 989. The van der Waals surface area contributed by atoms with E-state index in [0.29, 0.717) is 6.42 Å². The van der Waals surface area contributed by atoms with Crippen molar-refractivity contribution in [2.45, 2.75) is 70.6 Å². The highest BCUT2D eigenvalue weighted by molar-refractivity contribution is 6.20. The first-order valence-electron chi connectivity index (χ1n) is 12.1. The van der Waals surface area contributed by atoms with Crippen LogP contribution in [-0.4, -0.2) is 24.1 Å². The molecule has 33 heavy (non-hydrogen) atoms. The van der Waals surface area contributed by atoms with E-state index in [1.165, 1.54) is 5.56 Å². The molecule has 2 aromatic carbocycles. The van der Waals surface area contributed by atoms with Gasteiger partial charge in [0.15, 0.2) is 28.8 Å². The van der Waals surface area contributed by atoms with Gasteiger partial charge in [-0.05, 0) is 66.8 Å². The van der Waals surface area contributed by atoms with E-state index in [-0.39, 0.29) is 49.3 Å². The quantitative estimate of drug-likeness (QED) is 0.361. The highest BCUT2D eigenvalue weighted by Crippen LogP contribution is 2.34. The molecule has 0 atom stereocenters. The number of hydrogen-bond acceptors (Lipinski definition) is 5. The van der Waals surface area contributed by atoms with Crippen molar-refractivity contribution in [2.24, 2.45) is 5.92 Å². The minimum absolute atomic E-state index is 0.111. The molecule has 5 nitrogen and oxygen atoms in total. The van der Waals surface area contributed by atoms with Crippen LogP contribution in [0.15, 0.2) is 42.5 Å². The lowest BCUT2D eigenvalue weighted by molar-refractivity contribution is -0.142. The molecule has 4 rings (SSSR count). The van der Waals surface area contributed by atoms with Crippen molar-refractivity contribution >= 4 is 17.3 Å². The van der Waals surface area contributed by atoms with Crippen LogP contribution in [0.4, 0.5) is 0 Å². The van der Waals surface area contributed by atoms with Crippen molar-refractivity contribution in [2.75, 3.05) is 6.79 Å². The predicted octanol–water partition coefficient (Wildman–Crippen LogP) is 5.37. The van der Waals surface area contributed by atoms with Crippen LogP contribution in [0.25, 0.3) is 0 Å². The van der Waals surface area contributed by atoms with Crippen molar-refractivity contribution in [1.82, 2.24) is 0 Å². The first kappa shape index (κ1) is 23.2. The summed E-state index contributed by atoms with van der Waals surface area (Å²) in [6, 6.07) is 14.1. The second-order valence-corrected chi connectivity index (χ2v) is 9.18. The summed E-state index contributed by atoms with van der Waals surface area (Å²) in [5.74, 6) is -0.305. The van der Waals surface area contributed by atoms with Crippen molar-refractivity contribution in [3.05, 3.63) is 59.2 Å². The highest BCUT2D eigenvalue weighted by Gasteiger charge is 2.39. The van der Waals surface area contributed by atoms with Crippen molar-refractivity contribution in [3.63, 3.8) is 0 Å². The fraction of sp³-hybridized carbons (Fsp3) is 0.464. The first-order chi connectivity index (χ1) is 16.0. The number of benzene rings is 2. The smallest absolute Gasteiger partial charge is 0.231 e. The average Bonchev–Trinajstić information content (AvgIpc) is 3.28. The molecular formula is C28H32O5. The van der Waals surface area contributed by atoms with Crippen LogP contribution < -0.4 is 9.47 Å². The molecule has 2 aromatic rings. The molecule has 1 saturated carbocycles. The number of carbonyl (C=O) groups excluding carboxylic acids is 3. The predicted molar refractivity (Wildman–Crippen MR) is 126 cm³/mol. The molecule has 0 saturated heterocycles. The molecular weight excluding hydrogens is 416 g/mol. The maximum Gasteiger partial charge on any atom is 0.231 e. The summed E-state index contributed by atoms with van der Waals surface area (Å²) in [5, 5.41) is 0. The summed E-state index contributed by atoms with van der Waals surface area (Å²) in [5.41, 5.74) is 3.43. The number of carbonyl (C=O) groups is 3. The highest BCUT2D eigenvalue weighted by atomic mass is 16.7. The maximum atomic E-state index is 12.7. The maximum absolute atomic E-state index is 12.7. The van der Waals surface area contributed by atoms with Gasteiger partial charge in [-0.3, -0.25) is 14.4 Å². The second kappa shape index (κ2) is 10.8. The normalized spacial score (nSPS) is 19.7. The second-order valence-electron chi connectivity index (χ2n) is 9.18. The molecule has 0 radical (unpaired) electrons. The van der Waals surface area contributed by atoms with Crippen LogP contribution in [0, 0.1) is 5.92 Å². The fourth-order valence-corrected chi connectivity index (χ4v) is 4.77. The molecule has 0 N–H and O–H groups in total. The topological polar surface area (TPSA) is 69.7 Å². The summed E-state index contributed by atoms with van der Waals surface area (Å²) in [6.45, 7) is 2.42. The Balaban J connectivity index is 1.25. The zero-order chi connectivity index (χ0) is 23.2. The van der Waals surface area contributed by atoms with Gasteiger partial charge in [-0.25, -0.2) is 0 Å². The first-order valence-corrected chi connectivity index (χ1v) is 12.1. The number of ether oxygens (including phenoxy) is 2. The van der Waals surface area contributed by atoms with Gasteiger partial charge in [0.25, 0.3) is 0 Å². The van der Waals surface area contributed by atoms with E-state index in [2.05, 4.69) is 19.1 Å². The Labute approximate surface area is 195 Å². The standard InChI is InChI=1S/C28H32O5/c1-2-3-6-19-9-12-21(13-10-19)22-16-24(30)28(25(31)17-22)23(29)8-5-4-7-20-11-14-26-27(15-20)33-18-32-26/h9-15,22,28H,2-8,16-18H2,1H3. The lowest BCUT2D eigenvalue weighted by Gasteiger charge is -2.26. The third kappa shape index (κ3) is 5.70. The Morgan fingerprint density at radius 1 is 0.848 bits per heavy atom. The van der Waals surface area contributed by atoms with E-state index >= 15 is 0 Å². The third-order valence-corrected chi connectivity index (χ3v) is 6.71. The van der Waals surface area contributed by atoms with E-state index in [1.54, 1.807) is 0 Å². The number of aryl methyl sites for hydroxylation is 2. The van der Waals surface area contributed by atoms with Crippen LogP contribution in [0.3, 0.4) is 0 Å². The van der Waals surface area contributed by atoms with Gasteiger partial charge in [0.1, 0.15) is 5.92 Å². The van der Waals surface area contributed by atoms with Crippen LogP contribution in [0.1, 0.15) is 74.5 Å². The van der Waals surface area contributed by atoms with Gasteiger partial charge < -0.3 is 9.47 Å². The van der Waals surface area contributed by atoms with Crippen LogP contribution >= 0.6 is 0 Å². The molecule has 5 heteroatoms. The number of ketones is 3. The van der Waals surface area contributed by atoms with Crippen LogP contribution in [-0.2, 0) is 27.2 Å². The molecule has 1 aliphatic carbocycles. The lowest BCUT2D eigenvalue weighted by Crippen LogP contribution is -2.38. The number of Topliss-reactive ketones (excluding diaryl/α,β-unsaturated/α-hetero) is 3. The molecule has 0 amide bonds. The zero-order valence-electron chi connectivity index (χ0n) is 19.3. The monoisotopic (exact) mass is 448 g/mol. The molecule has 1 aliphatic heterocycles. The van der Waals surface area contributed by atoms with Crippen molar-refractivity contribution < 1.29 is 23.9 Å². The number of rotatable bonds is 10. The third-order valence-electron chi connectivity index (χ3n) is 6.71. The fourth-order valence-electron chi connectivity index (χ4n) is 4.77. The van der Waals surface area contributed by atoms with Crippen molar-refractivity contribution in [3.8, 4) is 11.5 Å². The summed E-state index contributed by atoms with van der Waals surface area (Å²) in [4.78, 5) is 38.2. The van der Waals surface area contributed by atoms with E-state index in [1.807, 2.05) is 30.3 Å². The van der Waals surface area contributed by atoms with E-state index < -0.39 is 5.92 Å². The SMILES string of the molecule is CCCCc1ccc(C2CC(=O)C(C(=O)CCCCc3ccc4c(c3)OCO4)C(=O)C2)cc1. The zero-order valence-corrected chi connectivity index (χ0v) is 19.3. The van der Waals surface area contributed by atoms with Gasteiger partial charge in [-0.15, -0.1) is 0 Å². The van der Waals surface area contributed by atoms with Crippen LogP contribution in [0.5, 0.6) is 11.5 Å². The van der Waals surface area contributed by atoms with Gasteiger partial charge in [0.05, 0.1) is 0 Å².